The van der Waals surface area contributed by atoms with Crippen molar-refractivity contribution in [2.24, 2.45) is 0 Å². The molecule has 0 aliphatic carbocycles. The van der Waals surface area contributed by atoms with Crippen molar-refractivity contribution < 1.29 is 18.3 Å². The molecule has 2 aromatic rings. The van der Waals surface area contributed by atoms with Crippen LogP contribution in [0.5, 0.6) is 5.75 Å². The van der Waals surface area contributed by atoms with Crippen molar-refractivity contribution in [3.05, 3.63) is 33.0 Å². The zero-order chi connectivity index (χ0) is 15.7. The van der Waals surface area contributed by atoms with Gasteiger partial charge in [0.25, 0.3) is 0 Å². The molecule has 0 saturated heterocycles. The summed E-state index contributed by atoms with van der Waals surface area (Å²) >= 11 is 1.67. The third kappa shape index (κ3) is 2.94. The van der Waals surface area contributed by atoms with Crippen LogP contribution in [0.4, 0.5) is 14.6 Å². The van der Waals surface area contributed by atoms with E-state index >= 15 is 0 Å². The number of aromatic nitrogens is 2. The van der Waals surface area contributed by atoms with Gasteiger partial charge in [-0.1, -0.05) is 0 Å². The molecule has 0 radical (unpaired) electrons. The molecule has 0 atom stereocenters. The van der Waals surface area contributed by atoms with Gasteiger partial charge in [0.05, 0.1) is 16.2 Å². The van der Waals surface area contributed by atoms with Crippen molar-refractivity contribution in [1.82, 2.24) is 9.97 Å². The maximum atomic E-state index is 14.0. The number of rotatable bonds is 3. The van der Waals surface area contributed by atoms with Crippen LogP contribution < -0.4 is 10.5 Å². The van der Waals surface area contributed by atoms with Gasteiger partial charge in [-0.2, -0.15) is 0 Å². The second-order valence-corrected chi connectivity index (χ2v) is 5.28. The molecule has 0 fully saturated rings. The predicted molar refractivity (Wildman–Crippen MR) is 81.1 cm³/mol. The Morgan fingerprint density at radius 1 is 1.29 bits per heavy atom. The zero-order valence-electron chi connectivity index (χ0n) is 11.1. The zero-order valence-corrected chi connectivity index (χ0v) is 13.2. The topological polar surface area (TPSA) is 78.1 Å². The number of anilines is 1. The number of carbonyl (C=O) groups excluding carboxylic acids is 1. The molecule has 1 aromatic carbocycles. The van der Waals surface area contributed by atoms with Gasteiger partial charge in [-0.15, -0.1) is 0 Å². The highest BCUT2D eigenvalue weighted by molar-refractivity contribution is 14.1. The Hall–Kier alpha value is -1.84. The van der Waals surface area contributed by atoms with Crippen molar-refractivity contribution in [3.8, 4) is 17.1 Å². The summed E-state index contributed by atoms with van der Waals surface area (Å²) in [6.45, 7) is 1.26. The molecule has 0 aliphatic rings. The minimum atomic E-state index is -0.708. The fourth-order valence-corrected chi connectivity index (χ4v) is 2.15. The van der Waals surface area contributed by atoms with Crippen LogP contribution in [0.1, 0.15) is 17.4 Å². The Morgan fingerprint density at radius 3 is 2.52 bits per heavy atom. The average Bonchev–Trinajstić information content (AvgIpc) is 2.41. The average molecular weight is 405 g/mol. The monoisotopic (exact) mass is 405 g/mol. The van der Waals surface area contributed by atoms with Crippen LogP contribution in [0.3, 0.4) is 0 Å². The van der Waals surface area contributed by atoms with Crippen LogP contribution in [-0.4, -0.2) is 22.9 Å². The van der Waals surface area contributed by atoms with E-state index in [2.05, 4.69) is 9.97 Å². The molecule has 0 saturated carbocycles. The van der Waals surface area contributed by atoms with Crippen LogP contribution >= 0.6 is 22.6 Å². The molecular formula is C13H10F2IN3O2. The van der Waals surface area contributed by atoms with E-state index in [9.17, 15) is 13.6 Å². The molecule has 21 heavy (non-hydrogen) atoms. The van der Waals surface area contributed by atoms with Crippen molar-refractivity contribution in [2.45, 2.75) is 6.92 Å². The lowest BCUT2D eigenvalue weighted by Crippen LogP contribution is -2.09. The smallest absolute Gasteiger partial charge is 0.190 e. The highest BCUT2D eigenvalue weighted by Crippen LogP contribution is 2.29. The molecule has 8 heteroatoms. The summed E-state index contributed by atoms with van der Waals surface area (Å²) < 4.78 is 32.6. The molecule has 0 unspecified atom stereocenters. The summed E-state index contributed by atoms with van der Waals surface area (Å²) in [5, 5.41) is 0. The van der Waals surface area contributed by atoms with E-state index in [0.29, 0.717) is 0 Å². The lowest BCUT2D eigenvalue weighted by molar-refractivity contribution is 0.101. The third-order valence-corrected chi connectivity index (χ3v) is 3.51. The molecule has 0 aliphatic heterocycles. The van der Waals surface area contributed by atoms with Crippen LogP contribution in [0.25, 0.3) is 11.4 Å². The Bertz CT molecular complexity index is 738. The normalized spacial score (nSPS) is 10.5. The maximum absolute atomic E-state index is 14.0. The molecular weight excluding hydrogens is 395 g/mol. The number of benzene rings is 1. The summed E-state index contributed by atoms with van der Waals surface area (Å²) in [6.07, 6.45) is 0. The molecule has 0 bridgehead atoms. The van der Waals surface area contributed by atoms with Gasteiger partial charge in [0.15, 0.2) is 28.9 Å². The lowest BCUT2D eigenvalue weighted by atomic mass is 10.1. The van der Waals surface area contributed by atoms with E-state index in [-0.39, 0.29) is 32.2 Å². The summed E-state index contributed by atoms with van der Waals surface area (Å²) in [5.74, 6) is -2.03. The highest BCUT2D eigenvalue weighted by Gasteiger charge is 2.20. The van der Waals surface area contributed by atoms with Gasteiger partial charge in [-0.05, 0) is 34.7 Å². The molecule has 1 aromatic heterocycles. The number of ketones is 1. The Balaban J connectivity index is 2.71. The molecule has 0 spiro atoms. The lowest BCUT2D eigenvalue weighted by Gasteiger charge is -2.10. The fourth-order valence-electron chi connectivity index (χ4n) is 1.72. The van der Waals surface area contributed by atoms with Crippen LogP contribution in [-0.2, 0) is 0 Å². The van der Waals surface area contributed by atoms with Gasteiger partial charge in [-0.3, -0.25) is 4.79 Å². The molecule has 110 valence electrons. The van der Waals surface area contributed by atoms with Crippen molar-refractivity contribution in [1.29, 1.82) is 0 Å². The predicted octanol–water partition coefficient (Wildman–Crippen LogP) is 2.82. The molecule has 1 heterocycles. The molecule has 5 nitrogen and oxygen atoms in total. The fraction of sp³-hybridized carbons (Fsp3) is 0.154. The van der Waals surface area contributed by atoms with E-state index in [0.717, 1.165) is 12.1 Å². The van der Waals surface area contributed by atoms with Gasteiger partial charge < -0.3 is 10.5 Å². The third-order valence-electron chi connectivity index (χ3n) is 2.68. The Labute approximate surface area is 132 Å². The van der Waals surface area contributed by atoms with Crippen molar-refractivity contribution in [2.75, 3.05) is 12.8 Å². The number of nitrogen functional groups attached to an aromatic ring is 1. The first kappa shape index (κ1) is 15.5. The quantitative estimate of drug-likeness (QED) is 0.483. The minimum absolute atomic E-state index is 0.0117. The number of methoxy groups -OCH3 is 1. The Kier molecular flexibility index (Phi) is 4.35. The SMILES string of the molecule is COc1c(N)nc(-c2cc(F)c(I)cc2F)nc1C(C)=O. The largest absolute Gasteiger partial charge is 0.491 e. The maximum Gasteiger partial charge on any atom is 0.190 e. The number of nitrogens with two attached hydrogens (primary N) is 1. The number of hydrogen-bond donors (Lipinski definition) is 1. The summed E-state index contributed by atoms with van der Waals surface area (Å²) in [5.41, 5.74) is 5.42. The van der Waals surface area contributed by atoms with E-state index < -0.39 is 17.4 Å². The number of hydrogen-bond acceptors (Lipinski definition) is 5. The van der Waals surface area contributed by atoms with Gasteiger partial charge in [0.1, 0.15) is 11.6 Å². The number of ether oxygens (including phenoxy) is 1. The number of halogens is 3. The second kappa shape index (κ2) is 5.88. The van der Waals surface area contributed by atoms with Gasteiger partial charge in [0, 0.05) is 6.92 Å². The van der Waals surface area contributed by atoms with E-state index in [1.165, 1.54) is 14.0 Å². The minimum Gasteiger partial charge on any atom is -0.491 e. The van der Waals surface area contributed by atoms with E-state index in [1.54, 1.807) is 22.6 Å². The standard InChI is InChI=1S/C13H10F2IN3O2/c1-5(20)10-11(21-2)12(17)19-13(18-10)6-3-8(15)9(16)4-7(6)14/h3-4H,1-2H3,(H2,17,18,19). The second-order valence-electron chi connectivity index (χ2n) is 4.12. The number of nitrogens with zero attached hydrogens (tertiary/aromatic N) is 2. The van der Waals surface area contributed by atoms with Crippen molar-refractivity contribution in [3.63, 3.8) is 0 Å². The van der Waals surface area contributed by atoms with Crippen LogP contribution in [0.15, 0.2) is 12.1 Å². The Morgan fingerprint density at radius 2 is 1.95 bits per heavy atom. The van der Waals surface area contributed by atoms with Gasteiger partial charge >= 0.3 is 0 Å². The summed E-state index contributed by atoms with van der Waals surface area (Å²) in [6, 6.07) is 1.98. The van der Waals surface area contributed by atoms with Gasteiger partial charge in [-0.25, -0.2) is 18.7 Å². The van der Waals surface area contributed by atoms with E-state index in [1.807, 2.05) is 0 Å². The van der Waals surface area contributed by atoms with Crippen molar-refractivity contribution >= 4 is 34.2 Å². The van der Waals surface area contributed by atoms with Crippen LogP contribution in [0.2, 0.25) is 0 Å². The first-order valence-corrected chi connectivity index (χ1v) is 6.80. The summed E-state index contributed by atoms with van der Waals surface area (Å²) in [7, 11) is 1.31. The first-order valence-electron chi connectivity index (χ1n) is 5.72. The highest BCUT2D eigenvalue weighted by atomic mass is 127. The first-order chi connectivity index (χ1) is 9.85. The molecule has 2 N–H and O–H groups in total. The van der Waals surface area contributed by atoms with Crippen LogP contribution in [0, 0.1) is 15.2 Å². The van der Waals surface area contributed by atoms with E-state index in [4.69, 9.17) is 10.5 Å². The molecule has 2 rings (SSSR count). The number of Topliss-reactive ketones (excluding diaryl/α,β-unsaturated/α-hetero) is 1. The molecule has 0 amide bonds. The summed E-state index contributed by atoms with van der Waals surface area (Å²) in [4.78, 5) is 19.4. The van der Waals surface area contributed by atoms with Gasteiger partial charge in [0.2, 0.25) is 0 Å². The number of carbonyl (C=O) groups is 1.